The van der Waals surface area contributed by atoms with Gasteiger partial charge in [-0.2, -0.15) is 0 Å². The maximum atomic E-state index is 8.44. The number of hydrogen-bond acceptors (Lipinski definition) is 6. The number of hydrogen-bond donors (Lipinski definition) is 1. The molecule has 0 aliphatic carbocycles. The second-order valence-corrected chi connectivity index (χ2v) is 8.40. The summed E-state index contributed by atoms with van der Waals surface area (Å²) >= 11 is 0. The molecule has 9 nitrogen and oxygen atoms in total. The van der Waals surface area contributed by atoms with E-state index in [0.717, 1.165) is 33.9 Å². The summed E-state index contributed by atoms with van der Waals surface area (Å²) in [6, 6.07) is 26.8. The molecule has 3 aromatic carbocycles. The maximum Gasteiger partial charge on any atom is 0.339 e. The Labute approximate surface area is 216 Å². The minimum absolute atomic E-state index is 0.873. The zero-order valence-electron chi connectivity index (χ0n) is 21.3. The average Bonchev–Trinajstić information content (AvgIpc) is 3.29. The summed E-state index contributed by atoms with van der Waals surface area (Å²) in [5.74, 6) is 0.873. The van der Waals surface area contributed by atoms with Crippen molar-refractivity contribution < 1.29 is 19.7 Å². The summed E-state index contributed by atoms with van der Waals surface area (Å²) in [5, 5.41) is 24.7. The molecular formula is C28H30N6O3. The lowest BCUT2D eigenvalue weighted by molar-refractivity contribution is -0.666. The lowest BCUT2D eigenvalue weighted by atomic mass is 10.2. The van der Waals surface area contributed by atoms with Crippen LogP contribution in [-0.4, -0.2) is 56.6 Å². The fourth-order valence-corrected chi connectivity index (χ4v) is 3.39. The van der Waals surface area contributed by atoms with E-state index in [2.05, 4.69) is 70.5 Å². The van der Waals surface area contributed by atoms with Crippen LogP contribution in [0.2, 0.25) is 0 Å². The molecule has 0 saturated carbocycles. The SMILES string of the molecule is CN(C)c1ccc(C=Nn2cc[n+](N=Cc3ccc(N(C)C)cc3)c2-c2ccccc2)cc1.O=C([O-])O. The molecule has 0 bridgehead atoms. The lowest BCUT2D eigenvalue weighted by Gasteiger charge is -2.11. The van der Waals surface area contributed by atoms with Crippen LogP contribution in [0, 0.1) is 0 Å². The van der Waals surface area contributed by atoms with E-state index in [9.17, 15) is 0 Å². The van der Waals surface area contributed by atoms with E-state index in [1.54, 1.807) is 0 Å². The highest BCUT2D eigenvalue weighted by atomic mass is 16.6. The first-order chi connectivity index (χ1) is 17.7. The number of anilines is 2. The van der Waals surface area contributed by atoms with Gasteiger partial charge in [0, 0.05) is 39.6 Å². The van der Waals surface area contributed by atoms with Gasteiger partial charge in [0.05, 0.1) is 18.0 Å². The molecule has 4 aromatic rings. The van der Waals surface area contributed by atoms with Crippen molar-refractivity contribution in [3.8, 4) is 11.4 Å². The standard InChI is InChI=1S/C27H29N6.CH2O3/c1-30(2)25-14-10-22(11-15-25)20-28-32-18-19-33(27(32)24-8-6-5-7-9-24)29-21-23-12-16-26(17-13-23)31(3)4;2-1(3)4/h5-21H,1-4H3;(H2,2,3,4)/q+1;/p-1. The summed E-state index contributed by atoms with van der Waals surface area (Å²) in [6.45, 7) is 0. The third kappa shape index (κ3) is 7.79. The lowest BCUT2D eigenvalue weighted by Crippen LogP contribution is -2.28. The second-order valence-electron chi connectivity index (χ2n) is 8.40. The molecular weight excluding hydrogens is 468 g/mol. The first-order valence-corrected chi connectivity index (χ1v) is 11.5. The minimum Gasteiger partial charge on any atom is -0.565 e. The first-order valence-electron chi connectivity index (χ1n) is 11.5. The van der Waals surface area contributed by atoms with Gasteiger partial charge in [-0.3, -0.25) is 0 Å². The Morgan fingerprint density at radius 2 is 1.32 bits per heavy atom. The average molecular weight is 499 g/mol. The molecule has 1 heterocycles. The van der Waals surface area contributed by atoms with Gasteiger partial charge in [-0.05, 0) is 47.5 Å². The minimum atomic E-state index is -2.08. The van der Waals surface area contributed by atoms with Gasteiger partial charge in [0.25, 0.3) is 0 Å². The smallest absolute Gasteiger partial charge is 0.339 e. The zero-order valence-corrected chi connectivity index (χ0v) is 21.3. The molecule has 0 saturated heterocycles. The number of rotatable bonds is 7. The van der Waals surface area contributed by atoms with E-state index >= 15 is 0 Å². The third-order valence-electron chi connectivity index (χ3n) is 5.30. The van der Waals surface area contributed by atoms with Crippen molar-refractivity contribution in [2.75, 3.05) is 38.0 Å². The van der Waals surface area contributed by atoms with Crippen LogP contribution >= 0.6 is 0 Å². The van der Waals surface area contributed by atoms with Gasteiger partial charge in [0.1, 0.15) is 0 Å². The molecule has 0 unspecified atom stereocenters. The molecule has 1 aromatic heterocycles. The second kappa shape index (κ2) is 12.7. The molecule has 1 N–H and O–H groups in total. The van der Waals surface area contributed by atoms with Crippen molar-refractivity contribution in [1.29, 1.82) is 0 Å². The predicted octanol–water partition coefficient (Wildman–Crippen LogP) is 3.23. The number of carboxylic acid groups (broad SMARTS) is 2. The summed E-state index contributed by atoms with van der Waals surface area (Å²) < 4.78 is 3.70. The van der Waals surface area contributed by atoms with Crippen LogP contribution in [-0.2, 0) is 0 Å². The fraction of sp³-hybridized carbons (Fsp3) is 0.143. The Morgan fingerprint density at radius 1 is 0.838 bits per heavy atom. The Kier molecular flexibility index (Phi) is 9.15. The molecule has 37 heavy (non-hydrogen) atoms. The van der Waals surface area contributed by atoms with Crippen LogP contribution in [0.15, 0.2) is 101 Å². The summed E-state index contributed by atoms with van der Waals surface area (Å²) in [4.78, 5) is 12.6. The van der Waals surface area contributed by atoms with Crippen molar-refractivity contribution in [2.45, 2.75) is 0 Å². The summed E-state index contributed by atoms with van der Waals surface area (Å²) in [7, 11) is 8.13. The van der Waals surface area contributed by atoms with Gasteiger partial charge in [-0.1, -0.05) is 62.0 Å². The first kappa shape index (κ1) is 26.7. The maximum absolute atomic E-state index is 8.44. The highest BCUT2D eigenvalue weighted by Crippen LogP contribution is 2.16. The van der Waals surface area contributed by atoms with Crippen LogP contribution in [0.1, 0.15) is 11.1 Å². The zero-order chi connectivity index (χ0) is 26.8. The molecule has 0 spiro atoms. The molecule has 0 aliphatic rings. The largest absolute Gasteiger partial charge is 0.565 e. The van der Waals surface area contributed by atoms with Gasteiger partial charge in [0.2, 0.25) is 6.16 Å². The van der Waals surface area contributed by atoms with E-state index in [-0.39, 0.29) is 0 Å². The molecule has 4 rings (SSSR count). The van der Waals surface area contributed by atoms with Gasteiger partial charge in [-0.25, -0.2) is 0 Å². The summed E-state index contributed by atoms with van der Waals surface area (Å²) in [6.07, 6.45) is 5.47. The predicted molar refractivity (Wildman–Crippen MR) is 146 cm³/mol. The summed E-state index contributed by atoms with van der Waals surface area (Å²) in [5.41, 5.74) is 5.41. The van der Waals surface area contributed by atoms with Crippen molar-refractivity contribution in [3.05, 3.63) is 102 Å². The van der Waals surface area contributed by atoms with Gasteiger partial charge >= 0.3 is 5.82 Å². The van der Waals surface area contributed by atoms with Crippen molar-refractivity contribution in [2.24, 2.45) is 10.2 Å². The van der Waals surface area contributed by atoms with E-state index in [1.165, 1.54) is 0 Å². The van der Waals surface area contributed by atoms with E-state index in [1.807, 2.05) is 80.6 Å². The monoisotopic (exact) mass is 498 g/mol. The van der Waals surface area contributed by atoms with Crippen LogP contribution in [0.5, 0.6) is 0 Å². The molecule has 0 atom stereocenters. The van der Waals surface area contributed by atoms with E-state index in [0.29, 0.717) is 0 Å². The van der Waals surface area contributed by atoms with Crippen molar-refractivity contribution in [1.82, 2.24) is 4.68 Å². The number of benzene rings is 3. The Morgan fingerprint density at radius 3 is 1.81 bits per heavy atom. The number of imidazole rings is 1. The van der Waals surface area contributed by atoms with Crippen LogP contribution in [0.4, 0.5) is 16.2 Å². The van der Waals surface area contributed by atoms with E-state index < -0.39 is 6.16 Å². The molecule has 0 radical (unpaired) electrons. The van der Waals surface area contributed by atoms with Gasteiger partial charge in [-0.15, -0.1) is 0 Å². The Balaban J connectivity index is 0.000000886. The topological polar surface area (TPSA) is 100 Å². The fourth-order valence-electron chi connectivity index (χ4n) is 3.39. The van der Waals surface area contributed by atoms with E-state index in [4.69, 9.17) is 25.2 Å². The van der Waals surface area contributed by atoms with Crippen LogP contribution in [0.25, 0.3) is 11.4 Å². The molecule has 190 valence electrons. The Hall–Kier alpha value is -4.92. The third-order valence-corrected chi connectivity index (χ3v) is 5.30. The quantitative estimate of drug-likeness (QED) is 0.312. The van der Waals surface area contributed by atoms with Crippen molar-refractivity contribution >= 4 is 30.0 Å². The normalized spacial score (nSPS) is 10.8. The van der Waals surface area contributed by atoms with Gasteiger partial charge in [0.15, 0.2) is 12.4 Å². The molecule has 0 aliphatic heterocycles. The molecule has 0 amide bonds. The van der Waals surface area contributed by atoms with Gasteiger partial charge < -0.3 is 24.8 Å². The molecule has 9 heteroatoms. The highest BCUT2D eigenvalue weighted by Gasteiger charge is 2.19. The number of aromatic nitrogens is 2. The van der Waals surface area contributed by atoms with Crippen molar-refractivity contribution in [3.63, 3.8) is 0 Å². The Bertz CT molecular complexity index is 1260. The number of nitrogens with zero attached hydrogens (tertiary/aromatic N) is 6. The number of carbonyl (C=O) groups is 1. The molecule has 0 fully saturated rings. The van der Waals surface area contributed by atoms with Crippen LogP contribution < -0.4 is 19.6 Å². The highest BCUT2D eigenvalue weighted by molar-refractivity contribution is 5.81. The van der Waals surface area contributed by atoms with Crippen LogP contribution in [0.3, 0.4) is 0 Å².